The number of halogens is 1. The monoisotopic (exact) mass is 328 g/mol. The summed E-state index contributed by atoms with van der Waals surface area (Å²) in [5.41, 5.74) is 0.989. The first-order valence-corrected chi connectivity index (χ1v) is 6.74. The molecule has 1 unspecified atom stereocenters. The van der Waals surface area contributed by atoms with Crippen LogP contribution >= 0.6 is 15.9 Å². The SMILES string of the molecule is CC(CNC(=O)NCc1cccc(Br)c1)CC(=O)O. The fraction of sp³-hybridized carbons (Fsp3) is 0.385. The second-order valence-electron chi connectivity index (χ2n) is 4.40. The summed E-state index contributed by atoms with van der Waals surface area (Å²) in [5, 5.41) is 14.0. The van der Waals surface area contributed by atoms with Gasteiger partial charge >= 0.3 is 12.0 Å². The zero-order valence-electron chi connectivity index (χ0n) is 10.6. The number of urea groups is 1. The van der Waals surface area contributed by atoms with Crippen molar-refractivity contribution >= 4 is 27.9 Å². The Morgan fingerprint density at radius 2 is 2.11 bits per heavy atom. The lowest BCUT2D eigenvalue weighted by Crippen LogP contribution is -2.37. The van der Waals surface area contributed by atoms with E-state index in [9.17, 15) is 9.59 Å². The van der Waals surface area contributed by atoms with E-state index in [1.54, 1.807) is 6.92 Å². The predicted octanol–water partition coefficient (Wildman–Crippen LogP) is 2.36. The molecule has 0 radical (unpaired) electrons. The van der Waals surface area contributed by atoms with Crippen LogP contribution in [0.4, 0.5) is 4.79 Å². The van der Waals surface area contributed by atoms with Crippen molar-refractivity contribution in [2.75, 3.05) is 6.54 Å². The largest absolute Gasteiger partial charge is 0.481 e. The van der Waals surface area contributed by atoms with Gasteiger partial charge in [0.1, 0.15) is 0 Å². The number of carbonyl (C=O) groups is 2. The molecule has 6 heteroatoms. The number of amides is 2. The molecule has 1 aromatic rings. The third-order valence-electron chi connectivity index (χ3n) is 2.48. The summed E-state index contributed by atoms with van der Waals surface area (Å²) in [5.74, 6) is -0.946. The molecule has 0 bridgehead atoms. The van der Waals surface area contributed by atoms with Crippen molar-refractivity contribution < 1.29 is 14.7 Å². The van der Waals surface area contributed by atoms with Crippen molar-refractivity contribution in [3.63, 3.8) is 0 Å². The fourth-order valence-corrected chi connectivity index (χ4v) is 1.98. The summed E-state index contributed by atoms with van der Waals surface area (Å²) < 4.78 is 0.960. The second-order valence-corrected chi connectivity index (χ2v) is 5.31. The first-order chi connectivity index (χ1) is 8.97. The molecule has 0 saturated carbocycles. The predicted molar refractivity (Wildman–Crippen MR) is 75.8 cm³/mol. The van der Waals surface area contributed by atoms with E-state index in [1.807, 2.05) is 24.3 Å². The number of hydrogen-bond acceptors (Lipinski definition) is 2. The van der Waals surface area contributed by atoms with E-state index in [1.165, 1.54) is 0 Å². The van der Waals surface area contributed by atoms with Crippen molar-refractivity contribution in [1.82, 2.24) is 10.6 Å². The molecule has 0 fully saturated rings. The van der Waals surface area contributed by atoms with E-state index < -0.39 is 5.97 Å². The van der Waals surface area contributed by atoms with Gasteiger partial charge in [-0.05, 0) is 23.6 Å². The van der Waals surface area contributed by atoms with Crippen molar-refractivity contribution in [2.24, 2.45) is 5.92 Å². The Kier molecular flexibility index (Phi) is 6.35. The molecule has 0 spiro atoms. The van der Waals surface area contributed by atoms with Crippen molar-refractivity contribution in [3.05, 3.63) is 34.3 Å². The molecule has 19 heavy (non-hydrogen) atoms. The lowest BCUT2D eigenvalue weighted by atomic mass is 10.1. The highest BCUT2D eigenvalue weighted by molar-refractivity contribution is 9.10. The zero-order chi connectivity index (χ0) is 14.3. The molecule has 5 nitrogen and oxygen atoms in total. The van der Waals surface area contributed by atoms with Gasteiger partial charge in [-0.3, -0.25) is 4.79 Å². The molecule has 0 aliphatic carbocycles. The minimum absolute atomic E-state index is 0.0475. The third kappa shape index (κ3) is 6.81. The van der Waals surface area contributed by atoms with Gasteiger partial charge in [0.25, 0.3) is 0 Å². The molecule has 1 atom stereocenters. The van der Waals surface area contributed by atoms with Crippen LogP contribution in [-0.2, 0) is 11.3 Å². The van der Waals surface area contributed by atoms with E-state index in [4.69, 9.17) is 5.11 Å². The maximum atomic E-state index is 11.5. The molecule has 0 saturated heterocycles. The molecule has 2 amide bonds. The average Bonchev–Trinajstić information content (AvgIpc) is 2.33. The van der Waals surface area contributed by atoms with E-state index in [-0.39, 0.29) is 18.4 Å². The lowest BCUT2D eigenvalue weighted by molar-refractivity contribution is -0.137. The minimum atomic E-state index is -0.858. The summed E-state index contributed by atoms with van der Waals surface area (Å²) in [7, 11) is 0. The molecule has 0 aliphatic rings. The van der Waals surface area contributed by atoms with Gasteiger partial charge in [0, 0.05) is 24.0 Å². The topological polar surface area (TPSA) is 78.4 Å². The number of hydrogen-bond donors (Lipinski definition) is 3. The summed E-state index contributed by atoms with van der Waals surface area (Å²) in [6, 6.07) is 7.36. The number of benzene rings is 1. The van der Waals surface area contributed by atoms with E-state index in [0.717, 1.165) is 10.0 Å². The third-order valence-corrected chi connectivity index (χ3v) is 2.97. The van der Waals surface area contributed by atoms with Gasteiger partial charge in [-0.2, -0.15) is 0 Å². The Bertz CT molecular complexity index is 451. The van der Waals surface area contributed by atoms with Gasteiger partial charge in [-0.25, -0.2) is 4.79 Å². The number of carboxylic acids is 1. The van der Waals surface area contributed by atoms with Crippen LogP contribution in [0.3, 0.4) is 0 Å². The molecule has 0 aromatic heterocycles. The Hall–Kier alpha value is -1.56. The molecule has 3 N–H and O–H groups in total. The Morgan fingerprint density at radius 1 is 1.37 bits per heavy atom. The summed E-state index contributed by atoms with van der Waals surface area (Å²) >= 11 is 3.36. The highest BCUT2D eigenvalue weighted by Crippen LogP contribution is 2.11. The molecular formula is C13H17BrN2O3. The molecule has 104 valence electrons. The average molecular weight is 329 g/mol. The van der Waals surface area contributed by atoms with Gasteiger partial charge in [-0.1, -0.05) is 35.0 Å². The number of aliphatic carboxylic acids is 1. The molecule has 1 rings (SSSR count). The highest BCUT2D eigenvalue weighted by atomic mass is 79.9. The van der Waals surface area contributed by atoms with Gasteiger partial charge in [0.05, 0.1) is 0 Å². The standard InChI is InChI=1S/C13H17BrN2O3/c1-9(5-12(17)18)7-15-13(19)16-8-10-3-2-4-11(14)6-10/h2-4,6,9H,5,7-8H2,1H3,(H,17,18)(H2,15,16,19). The maximum Gasteiger partial charge on any atom is 0.315 e. The zero-order valence-corrected chi connectivity index (χ0v) is 12.2. The number of nitrogens with one attached hydrogen (secondary N) is 2. The number of carboxylic acid groups (broad SMARTS) is 1. The highest BCUT2D eigenvalue weighted by Gasteiger charge is 2.09. The van der Waals surface area contributed by atoms with Gasteiger partial charge in [0.2, 0.25) is 0 Å². The first kappa shape index (κ1) is 15.5. The van der Waals surface area contributed by atoms with Crippen LogP contribution in [0.5, 0.6) is 0 Å². The van der Waals surface area contributed by atoms with Crippen LogP contribution in [0.15, 0.2) is 28.7 Å². The van der Waals surface area contributed by atoms with Crippen molar-refractivity contribution in [1.29, 1.82) is 0 Å². The van der Waals surface area contributed by atoms with Crippen molar-refractivity contribution in [3.8, 4) is 0 Å². The smallest absolute Gasteiger partial charge is 0.315 e. The van der Waals surface area contributed by atoms with E-state index >= 15 is 0 Å². The molecule has 0 aliphatic heterocycles. The van der Waals surface area contributed by atoms with Crippen LogP contribution in [0, 0.1) is 5.92 Å². The van der Waals surface area contributed by atoms with Crippen LogP contribution < -0.4 is 10.6 Å². The van der Waals surface area contributed by atoms with Crippen molar-refractivity contribution in [2.45, 2.75) is 19.9 Å². The molecule has 0 heterocycles. The van der Waals surface area contributed by atoms with Gasteiger partial charge in [-0.15, -0.1) is 0 Å². The number of carbonyl (C=O) groups excluding carboxylic acids is 1. The summed E-state index contributed by atoms with van der Waals surface area (Å²) in [6.45, 7) is 2.55. The van der Waals surface area contributed by atoms with Crippen LogP contribution in [0.2, 0.25) is 0 Å². The second kappa shape index (κ2) is 7.78. The van der Waals surface area contributed by atoms with Gasteiger partial charge < -0.3 is 15.7 Å². The quantitative estimate of drug-likeness (QED) is 0.750. The van der Waals surface area contributed by atoms with E-state index in [0.29, 0.717) is 13.1 Å². The fourth-order valence-electron chi connectivity index (χ4n) is 1.53. The normalized spacial score (nSPS) is 11.7. The molecule has 1 aromatic carbocycles. The molecular weight excluding hydrogens is 312 g/mol. The van der Waals surface area contributed by atoms with E-state index in [2.05, 4.69) is 26.6 Å². The van der Waals surface area contributed by atoms with Crippen LogP contribution in [0.25, 0.3) is 0 Å². The van der Waals surface area contributed by atoms with Crippen LogP contribution in [-0.4, -0.2) is 23.7 Å². The Balaban J connectivity index is 2.26. The number of rotatable bonds is 6. The summed E-state index contributed by atoms with van der Waals surface area (Å²) in [6.07, 6.45) is 0.0475. The van der Waals surface area contributed by atoms with Gasteiger partial charge in [0.15, 0.2) is 0 Å². The maximum absolute atomic E-state index is 11.5. The summed E-state index contributed by atoms with van der Waals surface area (Å²) in [4.78, 5) is 22.0. The van der Waals surface area contributed by atoms with Crippen LogP contribution in [0.1, 0.15) is 18.9 Å². The Labute approximate surface area is 120 Å². The lowest BCUT2D eigenvalue weighted by Gasteiger charge is -2.11. The Morgan fingerprint density at radius 3 is 2.74 bits per heavy atom. The minimum Gasteiger partial charge on any atom is -0.481 e. The first-order valence-electron chi connectivity index (χ1n) is 5.95.